The van der Waals surface area contributed by atoms with Crippen LogP contribution in [0.1, 0.15) is 55.5 Å². The molecule has 3 aromatic rings. The molecule has 0 spiro atoms. The summed E-state index contributed by atoms with van der Waals surface area (Å²) in [7, 11) is 0. The van der Waals surface area contributed by atoms with Gasteiger partial charge in [-0.3, -0.25) is 14.4 Å². The lowest BCUT2D eigenvalue weighted by Crippen LogP contribution is -2.49. The average molecular weight is 506 g/mol. The van der Waals surface area contributed by atoms with Crippen LogP contribution in [0.15, 0.2) is 60.7 Å². The van der Waals surface area contributed by atoms with E-state index in [9.17, 15) is 14.4 Å². The van der Waals surface area contributed by atoms with Gasteiger partial charge in [0.1, 0.15) is 6.04 Å². The monoisotopic (exact) mass is 505 g/mol. The molecule has 1 N–H and O–H groups in total. The lowest BCUT2D eigenvalue weighted by atomic mass is 10.1. The van der Waals surface area contributed by atoms with Gasteiger partial charge in [0.2, 0.25) is 11.8 Å². The van der Waals surface area contributed by atoms with Crippen LogP contribution in [0.4, 0.5) is 5.69 Å². The average Bonchev–Trinajstić information content (AvgIpc) is 3.16. The normalized spacial score (nSPS) is 13.2. The second-order valence-corrected chi connectivity index (χ2v) is 9.54. The van der Waals surface area contributed by atoms with Crippen molar-refractivity contribution in [2.75, 3.05) is 18.0 Å². The summed E-state index contributed by atoms with van der Waals surface area (Å²) in [5.74, 6) is -0.276. The van der Waals surface area contributed by atoms with Crippen molar-refractivity contribution in [1.29, 1.82) is 0 Å². The second-order valence-electron chi connectivity index (χ2n) is 9.10. The van der Waals surface area contributed by atoms with Crippen LogP contribution in [0.2, 0.25) is 5.02 Å². The van der Waals surface area contributed by atoms with E-state index in [4.69, 9.17) is 11.6 Å². The first-order valence-electron chi connectivity index (χ1n) is 12.6. The minimum atomic E-state index is -0.564. The molecule has 188 valence electrons. The molecule has 0 unspecified atom stereocenters. The molecule has 6 nitrogen and oxygen atoms in total. The van der Waals surface area contributed by atoms with E-state index in [0.717, 1.165) is 28.4 Å². The molecule has 4 rings (SSSR count). The summed E-state index contributed by atoms with van der Waals surface area (Å²) in [6, 6.07) is 18.4. The molecule has 1 heterocycles. The van der Waals surface area contributed by atoms with E-state index in [1.165, 1.54) is 0 Å². The van der Waals surface area contributed by atoms with Crippen molar-refractivity contribution >= 4 is 45.8 Å². The highest BCUT2D eigenvalue weighted by atomic mass is 35.5. The van der Waals surface area contributed by atoms with Crippen LogP contribution in [0.25, 0.3) is 10.8 Å². The summed E-state index contributed by atoms with van der Waals surface area (Å²) in [5.41, 5.74) is 2.51. The molecule has 1 atom stereocenters. The third-order valence-corrected chi connectivity index (χ3v) is 6.87. The van der Waals surface area contributed by atoms with E-state index in [-0.39, 0.29) is 24.1 Å². The molecular weight excluding hydrogens is 474 g/mol. The standard InChI is InChI=1S/C29H32ClN3O3/c1-3-17-31-28(35)24(4-2)33(19-20-13-15-22(30)16-14-20)26(34)12-7-18-32-25-11-6-9-21-8-5-10-23(27(21)25)29(32)36/h5-6,8-11,13-16,24H,3-4,7,12,17-19H2,1-2H3,(H,31,35)/t24-/m0/s1. The summed E-state index contributed by atoms with van der Waals surface area (Å²) in [6.07, 6.45) is 2.07. The summed E-state index contributed by atoms with van der Waals surface area (Å²) in [4.78, 5) is 42.9. The van der Waals surface area contributed by atoms with Crippen LogP contribution in [0.3, 0.4) is 0 Å². The number of halogens is 1. The summed E-state index contributed by atoms with van der Waals surface area (Å²) < 4.78 is 0. The molecule has 0 saturated heterocycles. The minimum absolute atomic E-state index is 0.0300. The molecule has 0 aromatic heterocycles. The fourth-order valence-corrected chi connectivity index (χ4v) is 4.93. The topological polar surface area (TPSA) is 69.7 Å². The largest absolute Gasteiger partial charge is 0.354 e. The Labute approximate surface area is 217 Å². The molecule has 7 heteroatoms. The first-order valence-corrected chi connectivity index (χ1v) is 13.0. The number of nitrogens with zero attached hydrogens (tertiary/aromatic N) is 2. The molecule has 1 aliphatic rings. The van der Waals surface area contributed by atoms with Gasteiger partial charge in [-0.1, -0.05) is 61.8 Å². The van der Waals surface area contributed by atoms with Gasteiger partial charge in [0.25, 0.3) is 5.91 Å². The minimum Gasteiger partial charge on any atom is -0.354 e. The maximum absolute atomic E-state index is 13.5. The quantitative estimate of drug-likeness (QED) is 0.370. The number of anilines is 1. The molecular formula is C29H32ClN3O3. The van der Waals surface area contributed by atoms with Gasteiger partial charge in [-0.25, -0.2) is 0 Å². The highest BCUT2D eigenvalue weighted by Crippen LogP contribution is 2.37. The van der Waals surface area contributed by atoms with Crippen molar-refractivity contribution in [3.8, 4) is 0 Å². The zero-order valence-corrected chi connectivity index (χ0v) is 21.6. The number of hydrogen-bond donors (Lipinski definition) is 1. The van der Waals surface area contributed by atoms with Gasteiger partial charge in [-0.15, -0.1) is 0 Å². The van der Waals surface area contributed by atoms with E-state index in [0.29, 0.717) is 43.1 Å². The van der Waals surface area contributed by atoms with Crippen LogP contribution in [0, 0.1) is 0 Å². The highest BCUT2D eigenvalue weighted by molar-refractivity contribution is 6.30. The van der Waals surface area contributed by atoms with Crippen molar-refractivity contribution in [3.63, 3.8) is 0 Å². The predicted molar refractivity (Wildman–Crippen MR) is 144 cm³/mol. The molecule has 0 bridgehead atoms. The molecule has 36 heavy (non-hydrogen) atoms. The predicted octanol–water partition coefficient (Wildman–Crippen LogP) is 5.57. The Kier molecular flexibility index (Phi) is 8.26. The number of hydrogen-bond acceptors (Lipinski definition) is 3. The van der Waals surface area contributed by atoms with Gasteiger partial charge < -0.3 is 15.1 Å². The maximum Gasteiger partial charge on any atom is 0.258 e. The van der Waals surface area contributed by atoms with Gasteiger partial charge in [0.15, 0.2) is 0 Å². The zero-order chi connectivity index (χ0) is 25.7. The first kappa shape index (κ1) is 25.7. The molecule has 0 saturated carbocycles. The van der Waals surface area contributed by atoms with E-state index >= 15 is 0 Å². The Bertz CT molecular complexity index is 1250. The number of carbonyl (C=O) groups excluding carboxylic acids is 3. The number of nitrogens with one attached hydrogen (secondary N) is 1. The van der Waals surface area contributed by atoms with Crippen LogP contribution in [-0.4, -0.2) is 41.8 Å². The molecule has 0 aliphatic carbocycles. The third-order valence-electron chi connectivity index (χ3n) is 6.62. The summed E-state index contributed by atoms with van der Waals surface area (Å²) in [5, 5.41) is 5.56. The van der Waals surface area contributed by atoms with Gasteiger partial charge in [0.05, 0.1) is 5.69 Å². The number of rotatable bonds is 11. The van der Waals surface area contributed by atoms with Crippen LogP contribution < -0.4 is 10.2 Å². The molecule has 0 radical (unpaired) electrons. The summed E-state index contributed by atoms with van der Waals surface area (Å²) >= 11 is 6.04. The first-order chi connectivity index (χ1) is 17.4. The lowest BCUT2D eigenvalue weighted by molar-refractivity contribution is -0.141. The number of carbonyl (C=O) groups is 3. The Hall–Kier alpha value is -3.38. The summed E-state index contributed by atoms with van der Waals surface area (Å²) in [6.45, 7) is 5.24. The van der Waals surface area contributed by atoms with E-state index in [2.05, 4.69) is 5.32 Å². The van der Waals surface area contributed by atoms with Crippen molar-refractivity contribution in [2.24, 2.45) is 0 Å². The SMILES string of the molecule is CCCNC(=O)[C@H](CC)N(Cc1ccc(Cl)cc1)C(=O)CCCN1C(=O)c2cccc3cccc1c23. The van der Waals surface area contributed by atoms with E-state index in [1.807, 2.05) is 62.4 Å². The fraction of sp³-hybridized carbons (Fsp3) is 0.345. The third kappa shape index (κ3) is 5.39. The van der Waals surface area contributed by atoms with Crippen LogP contribution in [0.5, 0.6) is 0 Å². The molecule has 0 fully saturated rings. The maximum atomic E-state index is 13.5. The van der Waals surface area contributed by atoms with Crippen molar-refractivity contribution in [2.45, 2.75) is 52.1 Å². The molecule has 3 amide bonds. The van der Waals surface area contributed by atoms with Crippen LogP contribution >= 0.6 is 11.6 Å². The van der Waals surface area contributed by atoms with E-state index < -0.39 is 6.04 Å². The fourth-order valence-electron chi connectivity index (χ4n) is 4.81. The Morgan fingerprint density at radius 3 is 2.44 bits per heavy atom. The molecule has 3 aromatic carbocycles. The van der Waals surface area contributed by atoms with Gasteiger partial charge in [-0.05, 0) is 54.5 Å². The van der Waals surface area contributed by atoms with Gasteiger partial charge in [0, 0.05) is 42.0 Å². The smallest absolute Gasteiger partial charge is 0.258 e. The zero-order valence-electron chi connectivity index (χ0n) is 20.8. The lowest BCUT2D eigenvalue weighted by Gasteiger charge is -2.31. The van der Waals surface area contributed by atoms with E-state index in [1.54, 1.807) is 21.9 Å². The Morgan fingerprint density at radius 2 is 1.75 bits per heavy atom. The van der Waals surface area contributed by atoms with Crippen LogP contribution in [-0.2, 0) is 16.1 Å². The number of amides is 3. The van der Waals surface area contributed by atoms with Gasteiger partial charge >= 0.3 is 0 Å². The second kappa shape index (κ2) is 11.6. The Balaban J connectivity index is 1.47. The van der Waals surface area contributed by atoms with Crippen molar-refractivity contribution < 1.29 is 14.4 Å². The Morgan fingerprint density at radius 1 is 1.03 bits per heavy atom. The highest BCUT2D eigenvalue weighted by Gasteiger charge is 2.31. The molecule has 1 aliphatic heterocycles. The van der Waals surface area contributed by atoms with Crippen molar-refractivity contribution in [3.05, 3.63) is 76.8 Å². The number of benzene rings is 3. The van der Waals surface area contributed by atoms with Gasteiger partial charge in [-0.2, -0.15) is 0 Å². The van der Waals surface area contributed by atoms with Crippen molar-refractivity contribution in [1.82, 2.24) is 10.2 Å².